The van der Waals surface area contributed by atoms with E-state index in [0.29, 0.717) is 11.1 Å². The van der Waals surface area contributed by atoms with E-state index in [2.05, 4.69) is 21.3 Å². The first kappa shape index (κ1) is 15.0. The molecule has 0 saturated carbocycles. The summed E-state index contributed by atoms with van der Waals surface area (Å²) in [4.78, 5) is 18.7. The molecular formula is C18H18N4O. The number of nitrogens with zero attached hydrogens (tertiary/aromatic N) is 3. The van der Waals surface area contributed by atoms with Crippen LogP contribution in [-0.2, 0) is 0 Å². The molecule has 0 atom stereocenters. The second kappa shape index (κ2) is 6.93. The quantitative estimate of drug-likeness (QED) is 0.945. The fourth-order valence-corrected chi connectivity index (χ4v) is 2.75. The fourth-order valence-electron chi connectivity index (χ4n) is 2.75. The van der Waals surface area contributed by atoms with Gasteiger partial charge in [0, 0.05) is 30.9 Å². The minimum Gasteiger partial charge on any atom is -0.356 e. The van der Waals surface area contributed by atoms with E-state index < -0.39 is 0 Å². The minimum atomic E-state index is -0.0134. The molecular weight excluding hydrogens is 288 g/mol. The summed E-state index contributed by atoms with van der Waals surface area (Å²) in [7, 11) is 0. The highest BCUT2D eigenvalue weighted by Gasteiger charge is 2.21. The number of carbonyl (C=O) groups excluding carboxylic acids is 1. The highest BCUT2D eigenvalue weighted by molar-refractivity contribution is 5.94. The number of piperidine rings is 1. The molecule has 5 heteroatoms. The third-order valence-electron chi connectivity index (χ3n) is 4.07. The van der Waals surface area contributed by atoms with Gasteiger partial charge in [-0.25, -0.2) is 4.98 Å². The van der Waals surface area contributed by atoms with Gasteiger partial charge < -0.3 is 10.2 Å². The molecule has 2 aromatic rings. The van der Waals surface area contributed by atoms with E-state index in [1.807, 2.05) is 36.4 Å². The second-order valence-corrected chi connectivity index (χ2v) is 5.62. The maximum Gasteiger partial charge on any atom is 0.251 e. The largest absolute Gasteiger partial charge is 0.356 e. The summed E-state index contributed by atoms with van der Waals surface area (Å²) in [5, 5.41) is 11.9. The number of pyridine rings is 1. The zero-order chi connectivity index (χ0) is 16.1. The van der Waals surface area contributed by atoms with Crippen molar-refractivity contribution < 1.29 is 4.79 Å². The van der Waals surface area contributed by atoms with Gasteiger partial charge in [0.1, 0.15) is 11.9 Å². The lowest BCUT2D eigenvalue weighted by Crippen LogP contribution is -2.44. The Morgan fingerprint density at radius 2 is 1.91 bits per heavy atom. The number of amides is 1. The lowest BCUT2D eigenvalue weighted by molar-refractivity contribution is 0.0931. The molecule has 1 fully saturated rings. The van der Waals surface area contributed by atoms with Gasteiger partial charge in [0.05, 0.1) is 5.56 Å². The lowest BCUT2D eigenvalue weighted by atomic mass is 10.0. The number of hydrogen-bond donors (Lipinski definition) is 1. The Balaban J connectivity index is 1.54. The van der Waals surface area contributed by atoms with E-state index in [1.165, 1.54) is 0 Å². The van der Waals surface area contributed by atoms with E-state index in [9.17, 15) is 4.79 Å². The predicted octanol–water partition coefficient (Wildman–Crippen LogP) is 2.35. The zero-order valence-electron chi connectivity index (χ0n) is 12.8. The molecule has 0 unspecified atom stereocenters. The van der Waals surface area contributed by atoms with Gasteiger partial charge in [-0.05, 0) is 37.1 Å². The smallest absolute Gasteiger partial charge is 0.251 e. The van der Waals surface area contributed by atoms with Crippen LogP contribution in [0.1, 0.15) is 28.8 Å². The monoisotopic (exact) mass is 306 g/mol. The maximum atomic E-state index is 12.2. The van der Waals surface area contributed by atoms with Crippen LogP contribution < -0.4 is 10.2 Å². The Morgan fingerprint density at radius 1 is 1.17 bits per heavy atom. The molecule has 1 aromatic carbocycles. The van der Waals surface area contributed by atoms with Gasteiger partial charge in [0.2, 0.25) is 0 Å². The summed E-state index contributed by atoms with van der Waals surface area (Å²) < 4.78 is 0. The van der Waals surface area contributed by atoms with Crippen LogP contribution in [0.2, 0.25) is 0 Å². The van der Waals surface area contributed by atoms with Gasteiger partial charge in [0.15, 0.2) is 0 Å². The Morgan fingerprint density at radius 3 is 2.52 bits per heavy atom. The number of benzene rings is 1. The van der Waals surface area contributed by atoms with Gasteiger partial charge in [-0.3, -0.25) is 4.79 Å². The highest BCUT2D eigenvalue weighted by atomic mass is 16.1. The van der Waals surface area contributed by atoms with E-state index in [1.54, 1.807) is 12.3 Å². The van der Waals surface area contributed by atoms with E-state index in [4.69, 9.17) is 5.26 Å². The van der Waals surface area contributed by atoms with Crippen molar-refractivity contribution in [1.29, 1.82) is 5.26 Å². The summed E-state index contributed by atoms with van der Waals surface area (Å²) >= 11 is 0. The fraction of sp³-hybridized carbons (Fsp3) is 0.278. The molecule has 1 amide bonds. The molecule has 116 valence electrons. The molecule has 1 aliphatic rings. The summed E-state index contributed by atoms with van der Waals surface area (Å²) in [6, 6.07) is 15.2. The predicted molar refractivity (Wildman–Crippen MR) is 88.1 cm³/mol. The van der Waals surface area contributed by atoms with Crippen LogP contribution in [0.3, 0.4) is 0 Å². The molecule has 0 bridgehead atoms. The van der Waals surface area contributed by atoms with Crippen LogP contribution in [-0.4, -0.2) is 30.0 Å². The molecule has 23 heavy (non-hydrogen) atoms. The Bertz CT molecular complexity index is 698. The van der Waals surface area contributed by atoms with E-state index in [0.717, 1.165) is 31.7 Å². The number of aromatic nitrogens is 1. The van der Waals surface area contributed by atoms with Crippen LogP contribution in [0.25, 0.3) is 0 Å². The molecule has 5 nitrogen and oxygen atoms in total. The maximum absolute atomic E-state index is 12.2. The number of anilines is 1. The average molecular weight is 306 g/mol. The molecule has 1 N–H and O–H groups in total. The van der Waals surface area contributed by atoms with Crippen LogP contribution in [0.4, 0.5) is 5.82 Å². The molecule has 0 radical (unpaired) electrons. The first-order chi connectivity index (χ1) is 11.3. The van der Waals surface area contributed by atoms with Gasteiger partial charge in [-0.1, -0.05) is 18.2 Å². The number of nitriles is 1. The highest BCUT2D eigenvalue weighted by Crippen LogP contribution is 2.18. The SMILES string of the molecule is N#Cc1ccc(N2CCC(NC(=O)c3ccccc3)CC2)nc1. The third kappa shape index (κ3) is 3.67. The number of nitrogens with one attached hydrogen (secondary N) is 1. The van der Waals surface area contributed by atoms with Gasteiger partial charge in [-0.2, -0.15) is 5.26 Å². The van der Waals surface area contributed by atoms with Crippen molar-refractivity contribution in [3.05, 3.63) is 59.8 Å². The van der Waals surface area contributed by atoms with Crippen LogP contribution >= 0.6 is 0 Å². The number of hydrogen-bond acceptors (Lipinski definition) is 4. The first-order valence-corrected chi connectivity index (χ1v) is 7.73. The Labute approximate surface area is 135 Å². The number of carbonyl (C=O) groups is 1. The average Bonchev–Trinajstić information content (AvgIpc) is 2.63. The van der Waals surface area contributed by atoms with Gasteiger partial charge in [0.25, 0.3) is 5.91 Å². The standard InChI is InChI=1S/C18H18N4O/c19-12-14-6-7-17(20-13-14)22-10-8-16(9-11-22)21-18(23)15-4-2-1-3-5-15/h1-7,13,16H,8-11H2,(H,21,23). The molecule has 1 aromatic heterocycles. The topological polar surface area (TPSA) is 69.0 Å². The molecule has 0 spiro atoms. The van der Waals surface area contributed by atoms with Crippen LogP contribution in [0, 0.1) is 11.3 Å². The summed E-state index contributed by atoms with van der Waals surface area (Å²) in [6.45, 7) is 1.69. The van der Waals surface area contributed by atoms with Crippen molar-refractivity contribution in [3.63, 3.8) is 0 Å². The van der Waals surface area contributed by atoms with Gasteiger partial charge in [-0.15, -0.1) is 0 Å². The van der Waals surface area contributed by atoms with Crippen molar-refractivity contribution in [1.82, 2.24) is 10.3 Å². The van der Waals surface area contributed by atoms with Crippen molar-refractivity contribution >= 4 is 11.7 Å². The minimum absolute atomic E-state index is 0.0134. The van der Waals surface area contributed by atoms with Crippen molar-refractivity contribution in [3.8, 4) is 6.07 Å². The van der Waals surface area contributed by atoms with Crippen molar-refractivity contribution in [2.75, 3.05) is 18.0 Å². The Kier molecular flexibility index (Phi) is 4.53. The van der Waals surface area contributed by atoms with Gasteiger partial charge >= 0.3 is 0 Å². The van der Waals surface area contributed by atoms with E-state index >= 15 is 0 Å². The zero-order valence-corrected chi connectivity index (χ0v) is 12.8. The summed E-state index contributed by atoms with van der Waals surface area (Å²) in [6.07, 6.45) is 3.37. The lowest BCUT2D eigenvalue weighted by Gasteiger charge is -2.33. The third-order valence-corrected chi connectivity index (χ3v) is 4.07. The van der Waals surface area contributed by atoms with Crippen molar-refractivity contribution in [2.45, 2.75) is 18.9 Å². The second-order valence-electron chi connectivity index (χ2n) is 5.62. The molecule has 0 aliphatic carbocycles. The molecule has 1 aliphatic heterocycles. The summed E-state index contributed by atoms with van der Waals surface area (Å²) in [5.41, 5.74) is 1.27. The number of rotatable bonds is 3. The summed E-state index contributed by atoms with van der Waals surface area (Å²) in [5.74, 6) is 0.873. The first-order valence-electron chi connectivity index (χ1n) is 7.73. The molecule has 1 saturated heterocycles. The molecule has 3 rings (SSSR count). The Hall–Kier alpha value is -2.87. The van der Waals surface area contributed by atoms with E-state index in [-0.39, 0.29) is 11.9 Å². The van der Waals surface area contributed by atoms with Crippen LogP contribution in [0.5, 0.6) is 0 Å². The van der Waals surface area contributed by atoms with Crippen LogP contribution in [0.15, 0.2) is 48.7 Å². The van der Waals surface area contributed by atoms with Crippen molar-refractivity contribution in [2.24, 2.45) is 0 Å². The molecule has 2 heterocycles. The normalized spacial score (nSPS) is 15.0.